The second-order valence-electron chi connectivity index (χ2n) is 6.25. The molecule has 1 aliphatic heterocycles. The molecule has 4 rings (SSSR count). The second kappa shape index (κ2) is 7.89. The predicted octanol–water partition coefficient (Wildman–Crippen LogP) is 4.91. The zero-order chi connectivity index (χ0) is 20.4. The fraction of sp³-hybridized carbons (Fsp3) is 0.0455. The van der Waals surface area contributed by atoms with Crippen molar-refractivity contribution in [3.05, 3.63) is 93.5 Å². The van der Waals surface area contributed by atoms with Crippen LogP contribution in [-0.4, -0.2) is 17.8 Å². The highest BCUT2D eigenvalue weighted by Crippen LogP contribution is 2.28. The summed E-state index contributed by atoms with van der Waals surface area (Å²) in [4.78, 5) is 28.8. The molecule has 2 heterocycles. The van der Waals surface area contributed by atoms with Crippen LogP contribution in [0.4, 0.5) is 0 Å². The van der Waals surface area contributed by atoms with E-state index in [9.17, 15) is 9.59 Å². The SMILES string of the molecule is Cc1ccc(C2=N/C(=C/c3cc(Br)ccc3OC(=O)c3ccco3)C(=O)O2)cc1. The van der Waals surface area contributed by atoms with E-state index in [1.807, 2.05) is 31.2 Å². The summed E-state index contributed by atoms with van der Waals surface area (Å²) in [6, 6.07) is 15.6. The van der Waals surface area contributed by atoms with E-state index in [1.54, 1.807) is 24.3 Å². The number of ether oxygens (including phenoxy) is 2. The number of aliphatic imine (C=N–C) groups is 1. The number of benzene rings is 2. The van der Waals surface area contributed by atoms with Gasteiger partial charge in [0.25, 0.3) is 0 Å². The monoisotopic (exact) mass is 451 g/mol. The Morgan fingerprint density at radius 2 is 1.93 bits per heavy atom. The van der Waals surface area contributed by atoms with Gasteiger partial charge in [0.1, 0.15) is 5.75 Å². The third kappa shape index (κ3) is 4.20. The molecule has 0 saturated carbocycles. The Morgan fingerprint density at radius 3 is 2.66 bits per heavy atom. The van der Waals surface area contributed by atoms with Crippen LogP contribution in [0, 0.1) is 6.92 Å². The van der Waals surface area contributed by atoms with Gasteiger partial charge in [-0.15, -0.1) is 0 Å². The highest BCUT2D eigenvalue weighted by molar-refractivity contribution is 9.10. The highest BCUT2D eigenvalue weighted by atomic mass is 79.9. The van der Waals surface area contributed by atoms with E-state index in [4.69, 9.17) is 13.9 Å². The van der Waals surface area contributed by atoms with Gasteiger partial charge in [-0.1, -0.05) is 33.6 Å². The Labute approximate surface area is 174 Å². The van der Waals surface area contributed by atoms with Gasteiger partial charge in [0.05, 0.1) is 6.26 Å². The van der Waals surface area contributed by atoms with Crippen LogP contribution < -0.4 is 4.74 Å². The number of hydrogen-bond acceptors (Lipinski definition) is 6. The Morgan fingerprint density at radius 1 is 1.14 bits per heavy atom. The number of rotatable bonds is 4. The number of furan rings is 1. The topological polar surface area (TPSA) is 78.1 Å². The van der Waals surface area contributed by atoms with Crippen LogP contribution in [0.2, 0.25) is 0 Å². The smallest absolute Gasteiger partial charge is 0.379 e. The van der Waals surface area contributed by atoms with Crippen molar-refractivity contribution in [2.45, 2.75) is 6.92 Å². The zero-order valence-electron chi connectivity index (χ0n) is 15.2. The maximum atomic E-state index is 12.3. The Hall–Kier alpha value is -3.45. The normalized spacial score (nSPS) is 14.6. The lowest BCUT2D eigenvalue weighted by Crippen LogP contribution is -2.08. The lowest BCUT2D eigenvalue weighted by molar-refractivity contribution is -0.129. The first-order valence-electron chi connectivity index (χ1n) is 8.64. The first-order chi connectivity index (χ1) is 14.0. The van der Waals surface area contributed by atoms with Gasteiger partial charge in [0.15, 0.2) is 5.70 Å². The number of aryl methyl sites for hydroxylation is 1. The molecule has 3 aromatic rings. The van der Waals surface area contributed by atoms with Gasteiger partial charge in [-0.25, -0.2) is 14.6 Å². The molecular formula is C22H14BrNO5. The number of esters is 2. The Bertz CT molecular complexity index is 1140. The van der Waals surface area contributed by atoms with E-state index >= 15 is 0 Å². The van der Waals surface area contributed by atoms with Crippen molar-refractivity contribution in [2.24, 2.45) is 4.99 Å². The van der Waals surface area contributed by atoms with Crippen LogP contribution in [0.1, 0.15) is 27.2 Å². The number of halogens is 1. The van der Waals surface area contributed by atoms with E-state index in [0.29, 0.717) is 11.1 Å². The lowest BCUT2D eigenvalue weighted by atomic mass is 10.1. The number of carbonyl (C=O) groups is 2. The first kappa shape index (κ1) is 18.9. The molecule has 0 saturated heterocycles. The number of carbonyl (C=O) groups excluding carboxylic acids is 2. The van der Waals surface area contributed by atoms with E-state index in [1.165, 1.54) is 18.4 Å². The quantitative estimate of drug-likeness (QED) is 0.319. The summed E-state index contributed by atoms with van der Waals surface area (Å²) < 4.78 is 16.5. The Kier molecular flexibility index (Phi) is 5.14. The van der Waals surface area contributed by atoms with Crippen LogP contribution in [0.15, 0.2) is 80.4 Å². The average molecular weight is 452 g/mol. The van der Waals surface area contributed by atoms with E-state index in [0.717, 1.165) is 10.0 Å². The minimum absolute atomic E-state index is 0.0754. The molecule has 0 unspecified atom stereocenters. The molecule has 0 spiro atoms. The molecule has 2 aromatic carbocycles. The van der Waals surface area contributed by atoms with E-state index in [2.05, 4.69) is 20.9 Å². The first-order valence-corrected chi connectivity index (χ1v) is 9.44. The minimum atomic E-state index is -0.644. The summed E-state index contributed by atoms with van der Waals surface area (Å²) in [6.45, 7) is 1.97. The fourth-order valence-corrected chi connectivity index (χ4v) is 3.02. The standard InChI is InChI=1S/C22H14BrNO5/c1-13-4-6-14(7-5-13)20-24-17(21(25)29-20)12-15-11-16(23)8-9-18(15)28-22(26)19-3-2-10-27-19/h2-12H,1H3/b17-12+. The van der Waals surface area contributed by atoms with Gasteiger partial charge < -0.3 is 13.9 Å². The molecule has 0 radical (unpaired) electrons. The molecule has 144 valence electrons. The van der Waals surface area contributed by atoms with Gasteiger partial charge in [-0.3, -0.25) is 0 Å². The van der Waals surface area contributed by atoms with Crippen molar-refractivity contribution in [3.8, 4) is 5.75 Å². The minimum Gasteiger partial charge on any atom is -0.457 e. The van der Waals surface area contributed by atoms with Gasteiger partial charge in [0, 0.05) is 15.6 Å². The van der Waals surface area contributed by atoms with Crippen molar-refractivity contribution in [2.75, 3.05) is 0 Å². The van der Waals surface area contributed by atoms with Crippen LogP contribution in [0.25, 0.3) is 6.08 Å². The Balaban J connectivity index is 1.66. The van der Waals surface area contributed by atoms with Crippen molar-refractivity contribution in [1.82, 2.24) is 0 Å². The third-order valence-electron chi connectivity index (χ3n) is 4.11. The van der Waals surface area contributed by atoms with Crippen molar-refractivity contribution < 1.29 is 23.5 Å². The second-order valence-corrected chi connectivity index (χ2v) is 7.17. The van der Waals surface area contributed by atoms with Crippen LogP contribution in [0.3, 0.4) is 0 Å². The molecule has 0 aliphatic carbocycles. The molecule has 0 bridgehead atoms. The van der Waals surface area contributed by atoms with Crippen LogP contribution in [0.5, 0.6) is 5.75 Å². The maximum absolute atomic E-state index is 12.3. The zero-order valence-corrected chi connectivity index (χ0v) is 16.8. The molecule has 1 aliphatic rings. The summed E-state index contributed by atoms with van der Waals surface area (Å²) in [5.41, 5.74) is 2.38. The van der Waals surface area contributed by atoms with Crippen LogP contribution >= 0.6 is 15.9 Å². The van der Waals surface area contributed by atoms with Gasteiger partial charge in [0.2, 0.25) is 11.7 Å². The molecule has 0 N–H and O–H groups in total. The molecule has 0 fully saturated rings. The largest absolute Gasteiger partial charge is 0.457 e. The summed E-state index contributed by atoms with van der Waals surface area (Å²) in [6.07, 6.45) is 2.90. The van der Waals surface area contributed by atoms with E-state index < -0.39 is 11.9 Å². The number of hydrogen-bond donors (Lipinski definition) is 0. The summed E-state index contributed by atoms with van der Waals surface area (Å²) in [5, 5.41) is 0. The van der Waals surface area contributed by atoms with Crippen molar-refractivity contribution in [3.63, 3.8) is 0 Å². The fourth-order valence-electron chi connectivity index (χ4n) is 2.65. The molecule has 0 atom stereocenters. The van der Waals surface area contributed by atoms with Gasteiger partial charge >= 0.3 is 11.9 Å². The predicted molar refractivity (Wildman–Crippen MR) is 110 cm³/mol. The van der Waals surface area contributed by atoms with Crippen molar-refractivity contribution in [1.29, 1.82) is 0 Å². The number of nitrogens with zero attached hydrogens (tertiary/aromatic N) is 1. The van der Waals surface area contributed by atoms with Crippen LogP contribution in [-0.2, 0) is 9.53 Å². The average Bonchev–Trinajstić information content (AvgIpc) is 3.35. The third-order valence-corrected chi connectivity index (χ3v) is 4.60. The molecule has 7 heteroatoms. The van der Waals surface area contributed by atoms with Crippen molar-refractivity contribution >= 4 is 39.8 Å². The van der Waals surface area contributed by atoms with E-state index in [-0.39, 0.29) is 23.1 Å². The van der Waals surface area contributed by atoms with Gasteiger partial charge in [-0.2, -0.15) is 0 Å². The lowest BCUT2D eigenvalue weighted by Gasteiger charge is -2.07. The molecule has 0 amide bonds. The molecule has 6 nitrogen and oxygen atoms in total. The molecular weight excluding hydrogens is 438 g/mol. The van der Waals surface area contributed by atoms with Gasteiger partial charge in [-0.05, 0) is 55.5 Å². The molecule has 1 aromatic heterocycles. The summed E-state index contributed by atoms with van der Waals surface area (Å²) in [7, 11) is 0. The molecule has 29 heavy (non-hydrogen) atoms. The summed E-state index contributed by atoms with van der Waals surface area (Å²) >= 11 is 3.38. The number of cyclic esters (lactones) is 1. The maximum Gasteiger partial charge on any atom is 0.379 e. The highest BCUT2D eigenvalue weighted by Gasteiger charge is 2.25. The summed E-state index contributed by atoms with van der Waals surface area (Å²) in [5.74, 6) is -0.663.